The Balaban J connectivity index is 1.58. The van der Waals surface area contributed by atoms with E-state index in [9.17, 15) is 9.18 Å². The minimum Gasteiger partial charge on any atom is -0.351 e. The highest BCUT2D eigenvalue weighted by molar-refractivity contribution is 5.93. The first-order chi connectivity index (χ1) is 13.3. The molecule has 3 aromatic rings. The summed E-state index contributed by atoms with van der Waals surface area (Å²) in [6.45, 7) is 6.54. The lowest BCUT2D eigenvalue weighted by atomic mass is 9.87. The number of nitrogens with zero attached hydrogens (tertiary/aromatic N) is 2. The fourth-order valence-corrected chi connectivity index (χ4v) is 4.22. The standard InChI is InChI=1S/C23H24FN3O/c1-16-25-12-13-27(16)20-7-5-4-6-17(20)14-26-21(28)23(15-22(23,2)3)18-8-10-19(24)11-9-18/h4-13H,14-15H2,1-3H3,(H,26,28)/t23-/m1/s1. The average Bonchev–Trinajstić information content (AvgIpc) is 3.03. The van der Waals surface area contributed by atoms with Gasteiger partial charge in [0, 0.05) is 18.9 Å². The van der Waals surface area contributed by atoms with Crippen molar-refractivity contribution in [1.82, 2.24) is 14.9 Å². The first-order valence-electron chi connectivity index (χ1n) is 9.48. The third-order valence-electron chi connectivity index (χ3n) is 5.98. The number of amides is 1. The maximum atomic E-state index is 13.4. The highest BCUT2D eigenvalue weighted by atomic mass is 19.1. The molecular formula is C23H24FN3O. The molecule has 4 nitrogen and oxygen atoms in total. The molecule has 1 aromatic heterocycles. The first kappa shape index (κ1) is 18.4. The van der Waals surface area contributed by atoms with Crippen LogP contribution >= 0.6 is 0 Å². The van der Waals surface area contributed by atoms with Crippen LogP contribution in [0.3, 0.4) is 0 Å². The van der Waals surface area contributed by atoms with Crippen LogP contribution in [0.25, 0.3) is 5.69 Å². The van der Waals surface area contributed by atoms with Crippen molar-refractivity contribution in [3.05, 3.63) is 83.7 Å². The van der Waals surface area contributed by atoms with Gasteiger partial charge in [0.05, 0.1) is 11.1 Å². The summed E-state index contributed by atoms with van der Waals surface area (Å²) in [4.78, 5) is 17.5. The molecule has 0 bridgehead atoms. The number of halogens is 1. The van der Waals surface area contributed by atoms with Crippen LogP contribution < -0.4 is 5.32 Å². The Labute approximate surface area is 164 Å². The van der Waals surface area contributed by atoms with Crippen molar-refractivity contribution in [2.45, 2.75) is 39.2 Å². The Morgan fingerprint density at radius 2 is 1.86 bits per heavy atom. The van der Waals surface area contributed by atoms with Gasteiger partial charge in [-0.25, -0.2) is 9.37 Å². The molecule has 1 aliphatic carbocycles. The molecule has 1 saturated carbocycles. The number of hydrogen-bond acceptors (Lipinski definition) is 2. The molecule has 5 heteroatoms. The number of carbonyl (C=O) groups is 1. The van der Waals surface area contributed by atoms with Crippen LogP contribution in [-0.2, 0) is 16.8 Å². The quantitative estimate of drug-likeness (QED) is 0.720. The summed E-state index contributed by atoms with van der Waals surface area (Å²) in [5.41, 5.74) is 2.12. The zero-order chi connectivity index (χ0) is 19.9. The van der Waals surface area contributed by atoms with Crippen molar-refractivity contribution in [3.63, 3.8) is 0 Å². The van der Waals surface area contributed by atoms with Crippen LogP contribution in [0.4, 0.5) is 4.39 Å². The molecule has 0 spiro atoms. The monoisotopic (exact) mass is 377 g/mol. The number of rotatable bonds is 5. The number of para-hydroxylation sites is 1. The fraction of sp³-hybridized carbons (Fsp3) is 0.304. The molecule has 0 unspecified atom stereocenters. The molecule has 0 saturated heterocycles. The van der Waals surface area contributed by atoms with Crippen LogP contribution in [0.1, 0.15) is 37.2 Å². The van der Waals surface area contributed by atoms with Gasteiger partial charge in [0.25, 0.3) is 0 Å². The molecule has 0 radical (unpaired) electrons. The molecule has 28 heavy (non-hydrogen) atoms. The minimum atomic E-state index is -0.611. The van der Waals surface area contributed by atoms with E-state index in [-0.39, 0.29) is 17.1 Å². The number of benzene rings is 2. The average molecular weight is 377 g/mol. The number of nitrogens with one attached hydrogen (secondary N) is 1. The summed E-state index contributed by atoms with van der Waals surface area (Å²) in [7, 11) is 0. The third kappa shape index (κ3) is 2.91. The molecule has 2 aromatic carbocycles. The number of aryl methyl sites for hydroxylation is 1. The summed E-state index contributed by atoms with van der Waals surface area (Å²) >= 11 is 0. The van der Waals surface area contributed by atoms with Gasteiger partial charge in [0.1, 0.15) is 11.6 Å². The highest BCUT2D eigenvalue weighted by Crippen LogP contribution is 2.64. The van der Waals surface area contributed by atoms with Crippen molar-refractivity contribution in [3.8, 4) is 5.69 Å². The van der Waals surface area contributed by atoms with E-state index < -0.39 is 5.41 Å². The zero-order valence-electron chi connectivity index (χ0n) is 16.4. The smallest absolute Gasteiger partial charge is 0.231 e. The fourth-order valence-electron chi connectivity index (χ4n) is 4.22. The Morgan fingerprint density at radius 3 is 2.46 bits per heavy atom. The number of hydrogen-bond donors (Lipinski definition) is 1. The second-order valence-corrected chi connectivity index (χ2v) is 8.13. The number of carbonyl (C=O) groups excluding carboxylic acids is 1. The summed E-state index contributed by atoms with van der Waals surface area (Å²) in [5, 5.41) is 3.13. The Hall–Kier alpha value is -2.95. The van der Waals surface area contributed by atoms with E-state index in [4.69, 9.17) is 0 Å². The summed E-state index contributed by atoms with van der Waals surface area (Å²) < 4.78 is 15.4. The van der Waals surface area contributed by atoms with E-state index in [0.29, 0.717) is 6.54 Å². The second kappa shape index (κ2) is 6.59. The molecule has 1 atom stereocenters. The van der Waals surface area contributed by atoms with Gasteiger partial charge in [-0.3, -0.25) is 4.79 Å². The normalized spacial score (nSPS) is 20.0. The number of imidazole rings is 1. The van der Waals surface area contributed by atoms with Crippen LogP contribution in [0.5, 0.6) is 0 Å². The minimum absolute atomic E-state index is 0.0127. The highest BCUT2D eigenvalue weighted by Gasteiger charge is 2.66. The van der Waals surface area contributed by atoms with Gasteiger partial charge in [-0.05, 0) is 48.1 Å². The van der Waals surface area contributed by atoms with E-state index >= 15 is 0 Å². The summed E-state index contributed by atoms with van der Waals surface area (Å²) in [5.74, 6) is 0.591. The van der Waals surface area contributed by atoms with Gasteiger partial charge in [-0.1, -0.05) is 44.2 Å². The molecule has 0 aliphatic heterocycles. The topological polar surface area (TPSA) is 46.9 Å². The maximum Gasteiger partial charge on any atom is 0.231 e. The Morgan fingerprint density at radius 1 is 1.18 bits per heavy atom. The first-order valence-corrected chi connectivity index (χ1v) is 9.48. The van der Waals surface area contributed by atoms with Gasteiger partial charge in [0.15, 0.2) is 0 Å². The molecule has 1 heterocycles. The van der Waals surface area contributed by atoms with Gasteiger partial charge in [-0.15, -0.1) is 0 Å². The third-order valence-corrected chi connectivity index (χ3v) is 5.98. The summed E-state index contributed by atoms with van der Waals surface area (Å²) in [6.07, 6.45) is 4.43. The van der Waals surface area contributed by atoms with Crippen molar-refractivity contribution < 1.29 is 9.18 Å². The molecular weight excluding hydrogens is 353 g/mol. The van der Waals surface area contributed by atoms with Crippen LogP contribution in [0.15, 0.2) is 60.9 Å². The zero-order valence-corrected chi connectivity index (χ0v) is 16.4. The predicted octanol–water partition coefficient (Wildman–Crippen LogP) is 4.30. The van der Waals surface area contributed by atoms with Crippen molar-refractivity contribution in [1.29, 1.82) is 0 Å². The molecule has 1 aliphatic rings. The van der Waals surface area contributed by atoms with Gasteiger partial charge < -0.3 is 9.88 Å². The Kier molecular flexibility index (Phi) is 4.33. The lowest BCUT2D eigenvalue weighted by molar-refractivity contribution is -0.124. The van der Waals surface area contributed by atoms with E-state index in [1.807, 2.05) is 42.0 Å². The second-order valence-electron chi connectivity index (χ2n) is 8.13. The van der Waals surface area contributed by atoms with Crippen LogP contribution in [-0.4, -0.2) is 15.5 Å². The van der Waals surface area contributed by atoms with Gasteiger partial charge in [0.2, 0.25) is 5.91 Å². The lowest BCUT2D eigenvalue weighted by Gasteiger charge is -2.21. The van der Waals surface area contributed by atoms with Crippen molar-refractivity contribution in [2.75, 3.05) is 0 Å². The molecule has 1 amide bonds. The van der Waals surface area contributed by atoms with Crippen molar-refractivity contribution >= 4 is 5.91 Å². The Bertz CT molecular complexity index is 1020. The van der Waals surface area contributed by atoms with Gasteiger partial charge >= 0.3 is 0 Å². The molecule has 1 fully saturated rings. The predicted molar refractivity (Wildman–Crippen MR) is 107 cm³/mol. The summed E-state index contributed by atoms with van der Waals surface area (Å²) in [6, 6.07) is 14.3. The molecule has 4 rings (SSSR count). The SMILES string of the molecule is Cc1nccn1-c1ccccc1CNC(=O)[C@]1(c2ccc(F)cc2)CC1(C)C. The van der Waals surface area contributed by atoms with E-state index in [1.54, 1.807) is 18.3 Å². The number of aromatic nitrogens is 2. The molecule has 144 valence electrons. The van der Waals surface area contributed by atoms with E-state index in [2.05, 4.69) is 24.1 Å². The van der Waals surface area contributed by atoms with E-state index in [0.717, 1.165) is 29.1 Å². The molecule has 1 N–H and O–H groups in total. The largest absolute Gasteiger partial charge is 0.351 e. The maximum absolute atomic E-state index is 13.4. The van der Waals surface area contributed by atoms with Gasteiger partial charge in [-0.2, -0.15) is 0 Å². The van der Waals surface area contributed by atoms with E-state index in [1.165, 1.54) is 12.1 Å². The van der Waals surface area contributed by atoms with Crippen LogP contribution in [0, 0.1) is 18.2 Å². The van der Waals surface area contributed by atoms with Crippen LogP contribution in [0.2, 0.25) is 0 Å². The van der Waals surface area contributed by atoms with Crippen molar-refractivity contribution in [2.24, 2.45) is 5.41 Å². The lowest BCUT2D eigenvalue weighted by Crippen LogP contribution is -2.37.